The molecule has 0 unspecified atom stereocenters. The molecule has 16 nitrogen and oxygen atoms in total. The number of ether oxygens (including phenoxy) is 1. The van der Waals surface area contributed by atoms with Crippen molar-refractivity contribution in [3.05, 3.63) is 56.6 Å². The predicted molar refractivity (Wildman–Crippen MR) is 135 cm³/mol. The van der Waals surface area contributed by atoms with Gasteiger partial charge in [-0.3, -0.25) is 23.8 Å². The monoisotopic (exact) mass is 658 g/mol. The van der Waals surface area contributed by atoms with Crippen molar-refractivity contribution >= 4 is 61.3 Å². The summed E-state index contributed by atoms with van der Waals surface area (Å²) in [5.74, 6) is -8.49. The van der Waals surface area contributed by atoms with Crippen LogP contribution in [0.4, 0.5) is 29.5 Å². The summed E-state index contributed by atoms with van der Waals surface area (Å²) in [6, 6.07) is 0.699. The number of carboxylic acid groups (broad SMARTS) is 1. The summed E-state index contributed by atoms with van der Waals surface area (Å²) in [7, 11) is -11.6. The maximum atomic E-state index is 15.1. The quantitative estimate of drug-likeness (QED) is 0.178. The molecule has 1 fully saturated rings. The first-order valence-corrected chi connectivity index (χ1v) is 14.7. The number of aromatic nitrogens is 2. The zero-order valence-corrected chi connectivity index (χ0v) is 22.7. The number of fused-ring (bicyclic) bond motifs is 1. The minimum atomic E-state index is -5.78. The lowest BCUT2D eigenvalue weighted by molar-refractivity contribution is 0.0694. The molecule has 1 amide bonds. The highest BCUT2D eigenvalue weighted by atomic mass is 35.5. The fourth-order valence-corrected chi connectivity index (χ4v) is 6.36. The van der Waals surface area contributed by atoms with Crippen molar-refractivity contribution in [2.24, 2.45) is 0 Å². The Hall–Kier alpha value is -3.54. The molecule has 2 aromatic heterocycles. The molecule has 226 valence electrons. The molecule has 7 N–H and O–H groups in total. The molecular formula is C20H16ClF3N4O12P2. The van der Waals surface area contributed by atoms with Crippen LogP contribution in [0.2, 0.25) is 5.02 Å². The van der Waals surface area contributed by atoms with Crippen molar-refractivity contribution in [1.29, 1.82) is 0 Å². The highest BCUT2D eigenvalue weighted by molar-refractivity contribution is 7.70. The summed E-state index contributed by atoms with van der Waals surface area (Å²) in [6.45, 7) is -0.188. The van der Waals surface area contributed by atoms with Gasteiger partial charge in [-0.15, -0.1) is 0 Å². The number of aliphatic hydroxyl groups excluding tert-OH is 1. The van der Waals surface area contributed by atoms with Gasteiger partial charge in [0.2, 0.25) is 5.43 Å². The van der Waals surface area contributed by atoms with Crippen molar-refractivity contribution in [1.82, 2.24) is 9.55 Å². The van der Waals surface area contributed by atoms with E-state index >= 15 is 8.78 Å². The lowest BCUT2D eigenvalue weighted by atomic mass is 10.1. The highest BCUT2D eigenvalue weighted by Gasteiger charge is 2.47. The van der Waals surface area contributed by atoms with Gasteiger partial charge in [0.15, 0.2) is 23.3 Å². The van der Waals surface area contributed by atoms with Crippen molar-refractivity contribution in [3.63, 3.8) is 0 Å². The Morgan fingerprint density at radius 1 is 1.07 bits per heavy atom. The van der Waals surface area contributed by atoms with Gasteiger partial charge in [0.25, 0.3) is 0 Å². The third kappa shape index (κ3) is 5.86. The fraction of sp³-hybridized carbons (Fsp3) is 0.200. The third-order valence-corrected chi connectivity index (χ3v) is 9.24. The van der Waals surface area contributed by atoms with E-state index in [1.807, 2.05) is 0 Å². The van der Waals surface area contributed by atoms with Crippen LogP contribution in [-0.4, -0.2) is 76.2 Å². The van der Waals surface area contributed by atoms with Gasteiger partial charge < -0.3 is 39.4 Å². The maximum absolute atomic E-state index is 15.1. The van der Waals surface area contributed by atoms with E-state index in [1.165, 1.54) is 10.2 Å². The number of halogens is 4. The summed E-state index contributed by atoms with van der Waals surface area (Å²) in [5.41, 5.74) is -6.50. The molecule has 42 heavy (non-hydrogen) atoms. The van der Waals surface area contributed by atoms with Gasteiger partial charge >= 0.3 is 32.8 Å². The number of benzene rings is 1. The number of hydrogen-bond acceptors (Lipinski definition) is 9. The molecule has 0 bridgehead atoms. The van der Waals surface area contributed by atoms with Gasteiger partial charge in [-0.1, -0.05) is 11.6 Å². The van der Waals surface area contributed by atoms with Gasteiger partial charge in [0.05, 0.1) is 27.7 Å². The normalized spacial score (nSPS) is 14.3. The number of pyridine rings is 2. The minimum absolute atomic E-state index is 0.0932. The zero-order valence-electron chi connectivity index (χ0n) is 20.2. The molecule has 4 rings (SSSR count). The molecule has 0 aliphatic carbocycles. The van der Waals surface area contributed by atoms with Crippen molar-refractivity contribution in [2.75, 3.05) is 23.3 Å². The molecular weight excluding hydrogens is 643 g/mol. The lowest BCUT2D eigenvalue weighted by Crippen LogP contribution is -2.51. The summed E-state index contributed by atoms with van der Waals surface area (Å²) in [6.07, 6.45) is -2.40. The Balaban J connectivity index is 1.90. The highest BCUT2D eigenvalue weighted by Crippen LogP contribution is 2.60. The van der Waals surface area contributed by atoms with Crippen LogP contribution < -0.4 is 15.6 Å². The van der Waals surface area contributed by atoms with E-state index < -0.39 is 94.9 Å². The van der Waals surface area contributed by atoms with Crippen LogP contribution >= 0.6 is 26.8 Å². The number of aliphatic hydroxyl groups is 1. The number of carbonyl (C=O) groups excluding carboxylic acids is 1. The van der Waals surface area contributed by atoms with Crippen molar-refractivity contribution in [2.45, 2.75) is 11.7 Å². The average molecular weight is 659 g/mol. The minimum Gasteiger partial charge on any atom is -0.477 e. The topological polar surface area (TPSA) is 249 Å². The largest absolute Gasteiger partial charge is 0.477 e. The first kappa shape index (κ1) is 31.4. The number of hydrogen-bond donors (Lipinski definition) is 7. The predicted octanol–water partition coefficient (Wildman–Crippen LogP) is 1.52. The van der Waals surface area contributed by atoms with Crippen LogP contribution in [0.25, 0.3) is 16.7 Å². The smallest absolute Gasteiger partial charge is 0.414 e. The molecule has 0 saturated carbocycles. The van der Waals surface area contributed by atoms with E-state index in [9.17, 15) is 38.1 Å². The molecule has 22 heteroatoms. The van der Waals surface area contributed by atoms with Gasteiger partial charge in [-0.25, -0.2) is 27.7 Å². The molecule has 1 saturated heterocycles. The molecule has 0 radical (unpaired) electrons. The number of nitrogens with zero attached hydrogens (tertiary/aromatic N) is 3. The summed E-state index contributed by atoms with van der Waals surface area (Å²) >= 11 is 6.38. The van der Waals surface area contributed by atoms with Crippen LogP contribution in [-0.2, 0) is 13.9 Å². The van der Waals surface area contributed by atoms with E-state index in [4.69, 9.17) is 31.2 Å². The van der Waals surface area contributed by atoms with Crippen LogP contribution in [0.1, 0.15) is 10.4 Å². The number of amides is 1. The Morgan fingerprint density at radius 3 is 2.19 bits per heavy atom. The second-order valence-electron chi connectivity index (χ2n) is 8.68. The number of aromatic carboxylic acids is 1. The third-order valence-electron chi connectivity index (χ3n) is 5.71. The van der Waals surface area contributed by atoms with Gasteiger partial charge in [0.1, 0.15) is 11.4 Å². The average Bonchev–Trinajstić information content (AvgIpc) is 2.82. The molecule has 3 aromatic rings. The van der Waals surface area contributed by atoms with Crippen molar-refractivity contribution in [3.8, 4) is 5.82 Å². The Kier molecular flexibility index (Phi) is 8.18. The number of anilines is 2. The van der Waals surface area contributed by atoms with E-state index in [1.54, 1.807) is 0 Å². The number of carboxylic acids is 1. The zero-order chi connectivity index (χ0) is 31.5. The molecule has 1 aliphatic rings. The van der Waals surface area contributed by atoms with E-state index in [0.29, 0.717) is 16.8 Å². The number of carbonyl (C=O) groups is 2. The Labute approximate surface area is 234 Å². The number of β-amino-alcohol motifs (C(OH)–C–C–N with tert-alkyl or cyclic N) is 1. The van der Waals surface area contributed by atoms with E-state index in [2.05, 4.69) is 9.72 Å². The van der Waals surface area contributed by atoms with Gasteiger partial charge in [-0.05, 0) is 6.07 Å². The summed E-state index contributed by atoms with van der Waals surface area (Å²) in [5, 5.41) is 19.3. The molecule has 0 atom stereocenters. The number of rotatable bonds is 7. The van der Waals surface area contributed by atoms with Gasteiger partial charge in [-0.2, -0.15) is 0 Å². The molecule has 1 aliphatic heterocycles. The lowest BCUT2D eigenvalue weighted by Gasteiger charge is -2.38. The fourth-order valence-electron chi connectivity index (χ4n) is 3.92. The first-order valence-electron chi connectivity index (χ1n) is 11.0. The van der Waals surface area contributed by atoms with E-state index in [0.717, 1.165) is 0 Å². The SMILES string of the molecule is O=C(Nc1nc(-n2cc(C(=O)O)c(=O)c3cc(F)c(N4CC(O)C4)c(Cl)c32)c(F)cc1F)OC(P(=O)(O)O)P(=O)(O)O. The Bertz CT molecular complexity index is 1790. The van der Waals surface area contributed by atoms with E-state index in [-0.39, 0.29) is 24.8 Å². The molecule has 0 spiro atoms. The van der Waals surface area contributed by atoms with Crippen LogP contribution in [0.5, 0.6) is 0 Å². The standard InChI is InChI=1S/C20H16ClF3N4O12P2/c21-12-13-7(1-9(22)14(12)27-3-6(29)4-27)15(30)8(18(31)32)5-28(13)17-11(24)2-10(23)16(25-17)26-19(33)40-20(41(34,35)36)42(37,38)39/h1-2,5-6,20,29H,3-4H2,(H,31,32)(H,25,26,33)(H2,34,35,36)(H2,37,38,39). The van der Waals surface area contributed by atoms with Gasteiger partial charge in [0, 0.05) is 25.4 Å². The molecule has 3 heterocycles. The molecule has 1 aromatic carbocycles. The maximum Gasteiger partial charge on any atom is 0.414 e. The van der Waals surface area contributed by atoms with Crippen molar-refractivity contribution < 1.29 is 66.4 Å². The second-order valence-corrected chi connectivity index (χ2v) is 12.8. The summed E-state index contributed by atoms with van der Waals surface area (Å²) in [4.78, 5) is 77.8. The summed E-state index contributed by atoms with van der Waals surface area (Å²) < 4.78 is 72.0. The van der Waals surface area contributed by atoms with Crippen LogP contribution in [0, 0.1) is 17.5 Å². The first-order chi connectivity index (χ1) is 19.3. The number of nitrogens with one attached hydrogen (secondary N) is 1. The second kappa shape index (κ2) is 10.9. The Morgan fingerprint density at radius 2 is 1.67 bits per heavy atom. The van der Waals surface area contributed by atoms with Crippen LogP contribution in [0.15, 0.2) is 23.1 Å². The van der Waals surface area contributed by atoms with Crippen LogP contribution in [0.3, 0.4) is 0 Å².